The van der Waals surface area contributed by atoms with Gasteiger partial charge in [0.2, 0.25) is 0 Å². The number of morpholine rings is 1. The third-order valence-corrected chi connectivity index (χ3v) is 4.02. The summed E-state index contributed by atoms with van der Waals surface area (Å²) in [5, 5.41) is 0. The molecule has 19 heavy (non-hydrogen) atoms. The quantitative estimate of drug-likeness (QED) is 0.870. The maximum atomic E-state index is 5.85. The molecule has 0 spiro atoms. The van der Waals surface area contributed by atoms with E-state index in [4.69, 9.17) is 10.5 Å². The average molecular weight is 262 g/mol. The van der Waals surface area contributed by atoms with Gasteiger partial charge < -0.3 is 15.4 Å². The smallest absolute Gasteiger partial charge is 0.132 e. The van der Waals surface area contributed by atoms with Crippen LogP contribution >= 0.6 is 0 Å². The minimum atomic E-state index is -0.109. The van der Waals surface area contributed by atoms with Crippen LogP contribution in [0.1, 0.15) is 38.3 Å². The molecule has 2 N–H and O–H groups in total. The Morgan fingerprint density at radius 3 is 2.84 bits per heavy atom. The van der Waals surface area contributed by atoms with Crippen molar-refractivity contribution >= 4 is 5.82 Å². The summed E-state index contributed by atoms with van der Waals surface area (Å²) in [5.41, 5.74) is 6.88. The summed E-state index contributed by atoms with van der Waals surface area (Å²) in [6.45, 7) is 6.75. The van der Waals surface area contributed by atoms with E-state index in [2.05, 4.69) is 34.8 Å². The number of ether oxygens (including phenoxy) is 1. The Bertz CT molecular complexity index is 457. The molecule has 1 aliphatic carbocycles. The van der Waals surface area contributed by atoms with Gasteiger partial charge >= 0.3 is 0 Å². The maximum Gasteiger partial charge on any atom is 0.132 e. The summed E-state index contributed by atoms with van der Waals surface area (Å²) in [5.74, 6) is 1.53. The highest BCUT2D eigenvalue weighted by Gasteiger charge is 2.31. The predicted molar refractivity (Wildman–Crippen MR) is 74.2 cm³/mol. The van der Waals surface area contributed by atoms with Crippen LogP contribution in [0, 0.1) is 0 Å². The van der Waals surface area contributed by atoms with Crippen molar-refractivity contribution in [2.75, 3.05) is 24.6 Å². The highest BCUT2D eigenvalue weighted by atomic mass is 16.5. The van der Waals surface area contributed by atoms with Crippen LogP contribution < -0.4 is 10.6 Å². The highest BCUT2D eigenvalue weighted by molar-refractivity contribution is 5.41. The van der Waals surface area contributed by atoms with Crippen LogP contribution in [0.15, 0.2) is 12.4 Å². The summed E-state index contributed by atoms with van der Waals surface area (Å²) < 4.78 is 5.74. The molecule has 5 nitrogen and oxygen atoms in total. The third kappa shape index (κ3) is 2.72. The van der Waals surface area contributed by atoms with Crippen LogP contribution in [-0.2, 0) is 4.74 Å². The Morgan fingerprint density at radius 2 is 2.16 bits per heavy atom. The first-order chi connectivity index (χ1) is 9.03. The van der Waals surface area contributed by atoms with Gasteiger partial charge in [0.1, 0.15) is 12.1 Å². The molecule has 2 heterocycles. The second-order valence-corrected chi connectivity index (χ2v) is 6.26. The van der Waals surface area contributed by atoms with Crippen molar-refractivity contribution in [1.29, 1.82) is 0 Å². The zero-order valence-electron chi connectivity index (χ0n) is 11.7. The van der Waals surface area contributed by atoms with Gasteiger partial charge in [-0.2, -0.15) is 0 Å². The molecular weight excluding hydrogens is 240 g/mol. The first kappa shape index (κ1) is 12.8. The molecule has 0 amide bonds. The van der Waals surface area contributed by atoms with Crippen LogP contribution in [0.2, 0.25) is 0 Å². The lowest BCUT2D eigenvalue weighted by molar-refractivity contribution is -0.0279. The van der Waals surface area contributed by atoms with Gasteiger partial charge in [0, 0.05) is 36.8 Å². The standard InChI is InChI=1S/C14H22N4O/c1-14(2)8-18(3-4-19-14)13-7-12(16-9-17-13)10-5-11(15)6-10/h7,9-11H,3-6,8,15H2,1-2H3. The van der Waals surface area contributed by atoms with Crippen molar-refractivity contribution in [3.63, 3.8) is 0 Å². The van der Waals surface area contributed by atoms with Crippen molar-refractivity contribution in [2.45, 2.75) is 44.2 Å². The van der Waals surface area contributed by atoms with Crippen molar-refractivity contribution in [2.24, 2.45) is 5.73 Å². The largest absolute Gasteiger partial charge is 0.372 e. The highest BCUT2D eigenvalue weighted by Crippen LogP contribution is 2.35. The minimum Gasteiger partial charge on any atom is -0.372 e. The van der Waals surface area contributed by atoms with E-state index in [1.807, 2.05) is 0 Å². The molecule has 0 radical (unpaired) electrons. The number of nitrogens with two attached hydrogens (primary N) is 1. The molecule has 1 saturated carbocycles. The van der Waals surface area contributed by atoms with Crippen molar-refractivity contribution in [1.82, 2.24) is 9.97 Å². The molecule has 0 bridgehead atoms. The fourth-order valence-electron chi connectivity index (χ4n) is 2.87. The normalized spacial score (nSPS) is 29.9. The molecule has 1 saturated heterocycles. The minimum absolute atomic E-state index is 0.109. The number of nitrogens with zero attached hydrogens (tertiary/aromatic N) is 3. The molecular formula is C14H22N4O. The first-order valence-corrected chi connectivity index (χ1v) is 7.00. The SMILES string of the molecule is CC1(C)CN(c2cc(C3CC(N)C3)ncn2)CCO1. The van der Waals surface area contributed by atoms with Gasteiger partial charge in [0.25, 0.3) is 0 Å². The summed E-state index contributed by atoms with van der Waals surface area (Å²) in [4.78, 5) is 11.1. The third-order valence-electron chi connectivity index (χ3n) is 4.02. The monoisotopic (exact) mass is 262 g/mol. The lowest BCUT2D eigenvalue weighted by Crippen LogP contribution is -2.48. The predicted octanol–water partition coefficient (Wildman–Crippen LogP) is 1.30. The summed E-state index contributed by atoms with van der Waals surface area (Å²) in [7, 11) is 0. The first-order valence-electron chi connectivity index (χ1n) is 7.00. The van der Waals surface area contributed by atoms with Crippen LogP contribution in [-0.4, -0.2) is 41.3 Å². The van der Waals surface area contributed by atoms with E-state index >= 15 is 0 Å². The summed E-state index contributed by atoms with van der Waals surface area (Å²) in [6, 6.07) is 2.48. The van der Waals surface area contributed by atoms with E-state index in [1.54, 1.807) is 6.33 Å². The fourth-order valence-corrected chi connectivity index (χ4v) is 2.87. The van der Waals surface area contributed by atoms with Crippen molar-refractivity contribution in [3.05, 3.63) is 18.1 Å². The summed E-state index contributed by atoms with van der Waals surface area (Å²) in [6.07, 6.45) is 3.77. The topological polar surface area (TPSA) is 64.3 Å². The molecule has 3 rings (SSSR count). The maximum absolute atomic E-state index is 5.85. The van der Waals surface area contributed by atoms with Gasteiger partial charge in [0.05, 0.1) is 12.2 Å². The van der Waals surface area contributed by atoms with E-state index < -0.39 is 0 Å². The Kier molecular flexibility index (Phi) is 3.19. The van der Waals surface area contributed by atoms with E-state index in [1.165, 1.54) is 0 Å². The van der Waals surface area contributed by atoms with Crippen LogP contribution in [0.3, 0.4) is 0 Å². The molecule has 104 valence electrons. The van der Waals surface area contributed by atoms with Gasteiger partial charge in [-0.05, 0) is 26.7 Å². The molecule has 2 fully saturated rings. The fraction of sp³-hybridized carbons (Fsp3) is 0.714. The number of hydrogen-bond acceptors (Lipinski definition) is 5. The molecule has 1 aromatic heterocycles. The van der Waals surface area contributed by atoms with Crippen LogP contribution in [0.4, 0.5) is 5.82 Å². The zero-order valence-corrected chi connectivity index (χ0v) is 11.7. The molecule has 5 heteroatoms. The van der Waals surface area contributed by atoms with Crippen molar-refractivity contribution in [3.8, 4) is 0 Å². The molecule has 2 aliphatic rings. The van der Waals surface area contributed by atoms with E-state index in [0.29, 0.717) is 12.0 Å². The van der Waals surface area contributed by atoms with Gasteiger partial charge in [-0.25, -0.2) is 9.97 Å². The van der Waals surface area contributed by atoms with Crippen molar-refractivity contribution < 1.29 is 4.74 Å². The van der Waals surface area contributed by atoms with Gasteiger partial charge in [-0.15, -0.1) is 0 Å². The number of hydrogen-bond donors (Lipinski definition) is 1. The number of aromatic nitrogens is 2. The Balaban J connectivity index is 1.75. The van der Waals surface area contributed by atoms with E-state index in [-0.39, 0.29) is 5.60 Å². The number of rotatable bonds is 2. The second-order valence-electron chi connectivity index (χ2n) is 6.26. The van der Waals surface area contributed by atoms with E-state index in [0.717, 1.165) is 44.0 Å². The number of anilines is 1. The Labute approximate surface area is 114 Å². The molecule has 0 aromatic carbocycles. The molecule has 1 aromatic rings. The van der Waals surface area contributed by atoms with Crippen LogP contribution in [0.5, 0.6) is 0 Å². The lowest BCUT2D eigenvalue weighted by Gasteiger charge is -2.39. The molecule has 1 aliphatic heterocycles. The average Bonchev–Trinajstić information content (AvgIpc) is 2.34. The van der Waals surface area contributed by atoms with Gasteiger partial charge in [-0.1, -0.05) is 0 Å². The van der Waals surface area contributed by atoms with Crippen LogP contribution in [0.25, 0.3) is 0 Å². The van der Waals surface area contributed by atoms with E-state index in [9.17, 15) is 0 Å². The summed E-state index contributed by atoms with van der Waals surface area (Å²) >= 11 is 0. The Hall–Kier alpha value is -1.20. The van der Waals surface area contributed by atoms with Gasteiger partial charge in [-0.3, -0.25) is 0 Å². The zero-order chi connectivity index (χ0) is 13.5. The molecule has 0 atom stereocenters. The lowest BCUT2D eigenvalue weighted by atomic mass is 9.78. The molecule has 0 unspecified atom stereocenters. The van der Waals surface area contributed by atoms with Gasteiger partial charge in [0.15, 0.2) is 0 Å². The Morgan fingerprint density at radius 1 is 1.37 bits per heavy atom. The second kappa shape index (κ2) is 4.72.